The van der Waals surface area contributed by atoms with E-state index in [1.807, 2.05) is 0 Å². The fourth-order valence-electron chi connectivity index (χ4n) is 2.43. The molecule has 0 fully saturated rings. The summed E-state index contributed by atoms with van der Waals surface area (Å²) in [6.07, 6.45) is 2.39. The number of methoxy groups -OCH3 is 1. The van der Waals surface area contributed by atoms with E-state index in [9.17, 15) is 18.0 Å². The van der Waals surface area contributed by atoms with Gasteiger partial charge in [0.25, 0.3) is 5.91 Å². The first kappa shape index (κ1) is 24.2. The third kappa shape index (κ3) is 7.58. The molecule has 0 atom stereocenters. The molecule has 0 aromatic heterocycles. The number of nitrogens with one attached hydrogen (secondary N) is 1. The minimum absolute atomic E-state index is 0.205. The summed E-state index contributed by atoms with van der Waals surface area (Å²) in [4.78, 5) is 23.3. The highest BCUT2D eigenvalue weighted by Crippen LogP contribution is 2.26. The highest BCUT2D eigenvalue weighted by Gasteiger charge is 2.22. The fraction of sp³-hybridized carbons (Fsp3) is 0.250. The second-order valence-corrected chi connectivity index (χ2v) is 8.77. The number of hydrazone groups is 1. The third-order valence-electron chi connectivity index (χ3n) is 3.99. The largest absolute Gasteiger partial charge is 0.482 e. The number of anilines is 1. The third-order valence-corrected chi connectivity index (χ3v) is 5.36. The zero-order valence-electron chi connectivity index (χ0n) is 17.2. The first-order valence-electron chi connectivity index (χ1n) is 8.95. The van der Waals surface area contributed by atoms with Gasteiger partial charge in [-0.2, -0.15) is 5.10 Å². The van der Waals surface area contributed by atoms with E-state index in [-0.39, 0.29) is 6.61 Å². The first-order chi connectivity index (χ1) is 14.6. The van der Waals surface area contributed by atoms with Crippen molar-refractivity contribution in [2.75, 3.05) is 30.8 Å². The Labute approximate surface area is 185 Å². The van der Waals surface area contributed by atoms with Gasteiger partial charge in [0.1, 0.15) is 12.3 Å². The number of carbonyl (C=O) groups is 2. The van der Waals surface area contributed by atoms with Crippen molar-refractivity contribution in [1.29, 1.82) is 0 Å². The molecule has 0 radical (unpaired) electrons. The molecule has 0 heterocycles. The summed E-state index contributed by atoms with van der Waals surface area (Å²) < 4.78 is 35.1. The number of amides is 1. The van der Waals surface area contributed by atoms with Crippen LogP contribution in [0, 0.1) is 6.92 Å². The number of hydrogen-bond donors (Lipinski definition) is 1. The Hall–Kier alpha value is -3.11. The predicted octanol–water partition coefficient (Wildman–Crippen LogP) is 2.12. The monoisotopic (exact) mass is 467 g/mol. The van der Waals surface area contributed by atoms with Crippen LogP contribution < -0.4 is 14.5 Å². The Morgan fingerprint density at radius 2 is 1.87 bits per heavy atom. The second kappa shape index (κ2) is 10.8. The maximum absolute atomic E-state index is 12.3. The highest BCUT2D eigenvalue weighted by atomic mass is 35.5. The van der Waals surface area contributed by atoms with Crippen LogP contribution in [0.15, 0.2) is 47.6 Å². The minimum Gasteiger partial charge on any atom is -0.482 e. The zero-order chi connectivity index (χ0) is 23.0. The maximum atomic E-state index is 12.3. The molecule has 31 heavy (non-hydrogen) atoms. The molecule has 2 aromatic rings. The van der Waals surface area contributed by atoms with Crippen molar-refractivity contribution in [3.8, 4) is 5.75 Å². The van der Waals surface area contributed by atoms with Gasteiger partial charge < -0.3 is 9.47 Å². The molecular formula is C20H22ClN3O6S. The van der Waals surface area contributed by atoms with Crippen molar-refractivity contribution in [2.45, 2.75) is 6.92 Å². The molecule has 9 nitrogen and oxygen atoms in total. The van der Waals surface area contributed by atoms with Gasteiger partial charge in [-0.15, -0.1) is 0 Å². The summed E-state index contributed by atoms with van der Waals surface area (Å²) >= 11 is 5.98. The minimum atomic E-state index is -3.73. The molecule has 0 aliphatic heterocycles. The average molecular weight is 468 g/mol. The Kier molecular flexibility index (Phi) is 8.40. The van der Waals surface area contributed by atoms with Crippen LogP contribution in [0.5, 0.6) is 5.75 Å². The molecule has 0 saturated carbocycles. The van der Waals surface area contributed by atoms with E-state index in [1.54, 1.807) is 43.3 Å². The van der Waals surface area contributed by atoms with Gasteiger partial charge in [-0.25, -0.2) is 18.6 Å². The topological polar surface area (TPSA) is 114 Å². The highest BCUT2D eigenvalue weighted by molar-refractivity contribution is 7.92. The van der Waals surface area contributed by atoms with Gasteiger partial charge in [-0.3, -0.25) is 9.10 Å². The summed E-state index contributed by atoms with van der Waals surface area (Å²) in [6.45, 7) is 1.05. The summed E-state index contributed by atoms with van der Waals surface area (Å²) in [6, 6.07) is 11.4. The molecular weight excluding hydrogens is 446 g/mol. The number of carbonyl (C=O) groups excluding carboxylic acids is 2. The molecule has 1 amide bonds. The number of esters is 1. The van der Waals surface area contributed by atoms with Crippen molar-refractivity contribution >= 4 is 45.4 Å². The first-order valence-corrected chi connectivity index (χ1v) is 11.2. The van der Waals surface area contributed by atoms with Gasteiger partial charge in [-0.1, -0.05) is 17.7 Å². The lowest BCUT2D eigenvalue weighted by Gasteiger charge is -2.23. The van der Waals surface area contributed by atoms with Crippen LogP contribution in [0.2, 0.25) is 5.02 Å². The van der Waals surface area contributed by atoms with E-state index in [1.165, 1.54) is 19.4 Å². The fourth-order valence-corrected chi connectivity index (χ4v) is 3.50. The normalized spacial score (nSPS) is 11.2. The maximum Gasteiger partial charge on any atom is 0.343 e. The zero-order valence-corrected chi connectivity index (χ0v) is 18.7. The van der Waals surface area contributed by atoms with Gasteiger partial charge in [0.2, 0.25) is 10.0 Å². The molecule has 2 rings (SSSR count). The van der Waals surface area contributed by atoms with Crippen LogP contribution in [-0.2, 0) is 24.3 Å². The van der Waals surface area contributed by atoms with E-state index in [4.69, 9.17) is 16.3 Å². The molecule has 0 aliphatic rings. The molecule has 0 aliphatic carbocycles. The SMILES string of the molecule is COC(=O)COc1ccc(/C=N/NC(=O)CN(c2cc(Cl)ccc2C)S(C)(=O)=O)cc1. The van der Waals surface area contributed by atoms with Crippen LogP contribution in [0.25, 0.3) is 0 Å². The number of hydrogen-bond acceptors (Lipinski definition) is 7. The molecule has 2 aromatic carbocycles. The number of nitrogens with zero attached hydrogens (tertiary/aromatic N) is 2. The lowest BCUT2D eigenvalue weighted by Crippen LogP contribution is -2.39. The van der Waals surface area contributed by atoms with Gasteiger partial charge in [-0.05, 0) is 54.4 Å². The number of sulfonamides is 1. The smallest absolute Gasteiger partial charge is 0.343 e. The Morgan fingerprint density at radius 3 is 2.48 bits per heavy atom. The molecule has 0 saturated heterocycles. The Balaban J connectivity index is 2.00. The van der Waals surface area contributed by atoms with E-state index in [2.05, 4.69) is 15.3 Å². The molecule has 11 heteroatoms. The number of rotatable bonds is 9. The van der Waals surface area contributed by atoms with Gasteiger partial charge in [0.05, 0.1) is 25.3 Å². The quantitative estimate of drug-likeness (QED) is 0.343. The van der Waals surface area contributed by atoms with Crippen LogP contribution in [0.4, 0.5) is 5.69 Å². The number of benzene rings is 2. The van der Waals surface area contributed by atoms with E-state index >= 15 is 0 Å². The van der Waals surface area contributed by atoms with Crippen LogP contribution in [0.3, 0.4) is 0 Å². The number of halogens is 1. The lowest BCUT2D eigenvalue weighted by molar-refractivity contribution is -0.142. The summed E-state index contributed by atoms with van der Waals surface area (Å²) in [5.74, 6) is -0.657. The van der Waals surface area contributed by atoms with Gasteiger partial charge in [0, 0.05) is 5.02 Å². The van der Waals surface area contributed by atoms with Crippen molar-refractivity contribution in [3.05, 3.63) is 58.6 Å². The van der Waals surface area contributed by atoms with Gasteiger partial charge >= 0.3 is 5.97 Å². The summed E-state index contributed by atoms with van der Waals surface area (Å²) in [5.41, 5.74) is 3.92. The van der Waals surface area contributed by atoms with E-state index in [0.717, 1.165) is 10.6 Å². The second-order valence-electron chi connectivity index (χ2n) is 6.43. The van der Waals surface area contributed by atoms with Crippen LogP contribution in [0.1, 0.15) is 11.1 Å². The van der Waals surface area contributed by atoms with Crippen molar-refractivity contribution in [1.82, 2.24) is 5.43 Å². The van der Waals surface area contributed by atoms with Gasteiger partial charge in [0.15, 0.2) is 6.61 Å². The average Bonchev–Trinajstić information content (AvgIpc) is 2.72. The number of aryl methyl sites for hydroxylation is 1. The van der Waals surface area contributed by atoms with E-state index < -0.39 is 28.4 Å². The molecule has 166 valence electrons. The molecule has 0 bridgehead atoms. The lowest BCUT2D eigenvalue weighted by atomic mass is 10.2. The molecule has 0 spiro atoms. The van der Waals surface area contributed by atoms with Crippen LogP contribution >= 0.6 is 11.6 Å². The number of ether oxygens (including phenoxy) is 2. The predicted molar refractivity (Wildman–Crippen MR) is 118 cm³/mol. The van der Waals surface area contributed by atoms with Crippen molar-refractivity contribution < 1.29 is 27.5 Å². The Morgan fingerprint density at radius 1 is 1.19 bits per heavy atom. The molecule has 0 unspecified atom stereocenters. The molecule has 1 N–H and O–H groups in total. The summed E-state index contributed by atoms with van der Waals surface area (Å²) in [5, 5.41) is 4.19. The standard InChI is InChI=1S/C20H22ClN3O6S/c1-14-4-7-16(21)10-18(14)24(31(3,27)28)12-19(25)23-22-11-15-5-8-17(9-6-15)30-13-20(26)29-2/h4-11H,12-13H2,1-3H3,(H,23,25)/b22-11+. The van der Waals surface area contributed by atoms with Crippen molar-refractivity contribution in [2.24, 2.45) is 5.10 Å². The Bertz CT molecular complexity index is 1070. The van der Waals surface area contributed by atoms with E-state index in [0.29, 0.717) is 27.6 Å². The summed E-state index contributed by atoms with van der Waals surface area (Å²) in [7, 11) is -2.46. The van der Waals surface area contributed by atoms with Crippen molar-refractivity contribution in [3.63, 3.8) is 0 Å². The van der Waals surface area contributed by atoms with Crippen LogP contribution in [-0.4, -0.2) is 53.0 Å².